The first-order valence-electron chi connectivity index (χ1n) is 12.6. The molecule has 1 N–H and O–H groups in total. The second kappa shape index (κ2) is 13.4. The average molecular weight is 631 g/mol. The second-order valence-corrected chi connectivity index (χ2v) is 12.9. The molecule has 2 aromatic rings. The van der Waals surface area contributed by atoms with Crippen molar-refractivity contribution in [2.24, 2.45) is 17.8 Å². The molecule has 0 fully saturated rings. The van der Waals surface area contributed by atoms with Gasteiger partial charge in [0.15, 0.2) is 21.3 Å². The van der Waals surface area contributed by atoms with Crippen LogP contribution in [0.2, 0.25) is 5.02 Å². The normalized spacial score (nSPS) is 15.6. The fraction of sp³-hybridized carbons (Fsp3) is 0.500. The molecule has 38 heavy (non-hydrogen) atoms. The number of carbonyl (C=O) groups excluding carboxylic acids is 2. The number of fused-ring (bicyclic) bond motifs is 1. The Bertz CT molecular complexity index is 1260. The van der Waals surface area contributed by atoms with Gasteiger partial charge in [0.25, 0.3) is 0 Å². The van der Waals surface area contributed by atoms with Gasteiger partial charge in [-0.2, -0.15) is 0 Å². The summed E-state index contributed by atoms with van der Waals surface area (Å²) in [6, 6.07) is 8.63. The number of hydrogen-bond donors (Lipinski definition) is 1. The molecule has 0 amide bonds. The molecule has 1 aliphatic heterocycles. The van der Waals surface area contributed by atoms with Gasteiger partial charge in [-0.1, -0.05) is 65.3 Å². The highest BCUT2D eigenvalue weighted by Crippen LogP contribution is 2.45. The first-order chi connectivity index (χ1) is 17.3. The zero-order valence-electron chi connectivity index (χ0n) is 22.7. The van der Waals surface area contributed by atoms with Gasteiger partial charge >= 0.3 is 11.9 Å². The molecule has 0 saturated carbocycles. The Hall–Kier alpha value is -1.94. The molecule has 0 spiro atoms. The zero-order chi connectivity index (χ0) is 27.5. The molecule has 7 nitrogen and oxygen atoms in total. The standard InChI is InChI=1S/C28H36ClNO6S.BrH/c1-16(2)15-37(33,34)20-9-7-19(8-10-20)23-14-30-12-11-21-22(23)13-24(35-27(31)17(3)4)26(25(21)29)36-28(32)18(5)6;/h7-10,13,16-18,23,30H,11-12,14-15H2,1-6H3;1H. The quantitative estimate of drug-likeness (QED) is 0.293. The maximum atomic E-state index is 12.7. The fourth-order valence-corrected chi connectivity index (χ4v) is 6.11. The lowest BCUT2D eigenvalue weighted by Crippen LogP contribution is -2.21. The molecule has 0 saturated heterocycles. The highest BCUT2D eigenvalue weighted by atomic mass is 79.9. The number of nitrogens with one attached hydrogen (secondary N) is 1. The van der Waals surface area contributed by atoms with E-state index in [1.54, 1.807) is 45.9 Å². The smallest absolute Gasteiger partial charge is 0.313 e. The van der Waals surface area contributed by atoms with E-state index in [-0.39, 0.29) is 56.0 Å². The van der Waals surface area contributed by atoms with Crippen LogP contribution in [0.5, 0.6) is 11.5 Å². The summed E-state index contributed by atoms with van der Waals surface area (Å²) in [7, 11) is -3.38. The van der Waals surface area contributed by atoms with Crippen molar-refractivity contribution >= 4 is 50.4 Å². The van der Waals surface area contributed by atoms with Crippen LogP contribution in [0.25, 0.3) is 0 Å². The molecule has 0 bridgehead atoms. The molecule has 10 heteroatoms. The summed E-state index contributed by atoms with van der Waals surface area (Å²) in [5.41, 5.74) is 2.52. The maximum Gasteiger partial charge on any atom is 0.313 e. The van der Waals surface area contributed by atoms with Gasteiger partial charge in [-0.05, 0) is 53.8 Å². The van der Waals surface area contributed by atoms with E-state index < -0.39 is 33.6 Å². The van der Waals surface area contributed by atoms with Crippen LogP contribution in [0.3, 0.4) is 0 Å². The van der Waals surface area contributed by atoms with Gasteiger partial charge < -0.3 is 14.8 Å². The van der Waals surface area contributed by atoms with Gasteiger partial charge in [0.1, 0.15) is 0 Å². The van der Waals surface area contributed by atoms with E-state index in [1.165, 1.54) is 0 Å². The fourth-order valence-electron chi connectivity index (χ4n) is 4.16. The summed E-state index contributed by atoms with van der Waals surface area (Å²) in [6.45, 7) is 11.8. The van der Waals surface area contributed by atoms with Crippen LogP contribution in [0, 0.1) is 17.8 Å². The van der Waals surface area contributed by atoms with Crippen molar-refractivity contribution in [3.05, 3.63) is 52.0 Å². The van der Waals surface area contributed by atoms with E-state index in [4.69, 9.17) is 21.1 Å². The Kier molecular flexibility index (Phi) is 11.4. The molecule has 0 radical (unpaired) electrons. The molecule has 0 aromatic heterocycles. The molecule has 1 heterocycles. The molecule has 1 aliphatic rings. The highest BCUT2D eigenvalue weighted by molar-refractivity contribution is 8.93. The number of carbonyl (C=O) groups is 2. The van der Waals surface area contributed by atoms with E-state index in [9.17, 15) is 18.0 Å². The van der Waals surface area contributed by atoms with Gasteiger partial charge in [0, 0.05) is 12.5 Å². The predicted molar refractivity (Wildman–Crippen MR) is 154 cm³/mol. The number of benzene rings is 2. The molecule has 2 aromatic carbocycles. The summed E-state index contributed by atoms with van der Waals surface area (Å²) in [5.74, 6) is -1.70. The van der Waals surface area contributed by atoms with Gasteiger partial charge in [0.2, 0.25) is 0 Å². The number of sulfone groups is 1. The molecule has 0 aliphatic carbocycles. The monoisotopic (exact) mass is 629 g/mol. The van der Waals surface area contributed by atoms with E-state index in [0.29, 0.717) is 19.5 Å². The minimum atomic E-state index is -3.38. The van der Waals surface area contributed by atoms with Crippen molar-refractivity contribution in [3.8, 4) is 11.5 Å². The van der Waals surface area contributed by atoms with Gasteiger partial charge in [0.05, 0.1) is 27.5 Å². The SMILES string of the molecule is Br.CC(C)CS(=O)(=O)c1ccc(C2CNCCc3c2cc(OC(=O)C(C)C)c(OC(=O)C(C)C)c3Cl)cc1. The van der Waals surface area contributed by atoms with Crippen molar-refractivity contribution in [1.29, 1.82) is 0 Å². The zero-order valence-corrected chi connectivity index (χ0v) is 26.0. The number of hydrogen-bond acceptors (Lipinski definition) is 7. The van der Waals surface area contributed by atoms with E-state index >= 15 is 0 Å². The summed E-state index contributed by atoms with van der Waals surface area (Å²) >= 11 is 6.83. The molecular formula is C28H37BrClNO6S. The van der Waals surface area contributed by atoms with E-state index in [1.807, 2.05) is 26.0 Å². The van der Waals surface area contributed by atoms with E-state index in [0.717, 1.165) is 16.7 Å². The number of rotatable bonds is 8. The third-order valence-electron chi connectivity index (χ3n) is 6.15. The van der Waals surface area contributed by atoms with Crippen LogP contribution in [0.15, 0.2) is 35.2 Å². The van der Waals surface area contributed by atoms with Crippen LogP contribution in [-0.4, -0.2) is 39.2 Å². The van der Waals surface area contributed by atoms with Crippen LogP contribution < -0.4 is 14.8 Å². The van der Waals surface area contributed by atoms with Crippen LogP contribution in [0.4, 0.5) is 0 Å². The largest absolute Gasteiger partial charge is 0.422 e. The molecule has 1 atom stereocenters. The van der Waals surface area contributed by atoms with Crippen LogP contribution in [-0.2, 0) is 25.8 Å². The molecule has 210 valence electrons. The van der Waals surface area contributed by atoms with Crippen molar-refractivity contribution in [2.75, 3.05) is 18.8 Å². The molecule has 3 rings (SSSR count). The van der Waals surface area contributed by atoms with Crippen molar-refractivity contribution in [2.45, 2.75) is 58.8 Å². The number of halogens is 2. The van der Waals surface area contributed by atoms with Crippen molar-refractivity contribution < 1.29 is 27.5 Å². The topological polar surface area (TPSA) is 98.8 Å². The van der Waals surface area contributed by atoms with Crippen molar-refractivity contribution in [1.82, 2.24) is 5.32 Å². The Morgan fingerprint density at radius 2 is 1.58 bits per heavy atom. The Morgan fingerprint density at radius 3 is 2.13 bits per heavy atom. The van der Waals surface area contributed by atoms with Gasteiger partial charge in [-0.3, -0.25) is 9.59 Å². The van der Waals surface area contributed by atoms with E-state index in [2.05, 4.69) is 5.32 Å². The summed E-state index contributed by atoms with van der Waals surface area (Å²) in [6.07, 6.45) is 0.580. The van der Waals surface area contributed by atoms with Gasteiger partial charge in [-0.25, -0.2) is 8.42 Å². The summed E-state index contributed by atoms with van der Waals surface area (Å²) in [5, 5.41) is 3.64. The Balaban J connectivity index is 0.00000507. The number of ether oxygens (including phenoxy) is 2. The minimum Gasteiger partial charge on any atom is -0.422 e. The predicted octanol–water partition coefficient (Wildman–Crippen LogP) is 5.75. The third kappa shape index (κ3) is 7.58. The maximum absolute atomic E-state index is 12.7. The highest BCUT2D eigenvalue weighted by Gasteiger charge is 2.30. The Morgan fingerprint density at radius 1 is 1.00 bits per heavy atom. The lowest BCUT2D eigenvalue weighted by molar-refractivity contribution is -0.140. The summed E-state index contributed by atoms with van der Waals surface area (Å²) in [4.78, 5) is 25.3. The van der Waals surface area contributed by atoms with Crippen LogP contribution in [0.1, 0.15) is 64.2 Å². The molecule has 1 unspecified atom stereocenters. The number of esters is 2. The molecular weight excluding hydrogens is 594 g/mol. The lowest BCUT2D eigenvalue weighted by Gasteiger charge is -2.23. The Labute approximate surface area is 241 Å². The van der Waals surface area contributed by atoms with Crippen molar-refractivity contribution in [3.63, 3.8) is 0 Å². The third-order valence-corrected chi connectivity index (χ3v) is 8.64. The second-order valence-electron chi connectivity index (χ2n) is 10.5. The minimum absolute atomic E-state index is 0. The lowest BCUT2D eigenvalue weighted by atomic mass is 9.87. The van der Waals surface area contributed by atoms with Crippen LogP contribution >= 0.6 is 28.6 Å². The summed E-state index contributed by atoms with van der Waals surface area (Å²) < 4.78 is 36.6. The van der Waals surface area contributed by atoms with Gasteiger partial charge in [-0.15, -0.1) is 17.0 Å². The first-order valence-corrected chi connectivity index (χ1v) is 14.7. The average Bonchev–Trinajstić information content (AvgIpc) is 3.03. The first kappa shape index (κ1) is 32.3.